The molecule has 0 aliphatic carbocycles. The van der Waals surface area contributed by atoms with Crippen molar-refractivity contribution in [2.24, 2.45) is 0 Å². The number of hydrogen-bond acceptors (Lipinski definition) is 10. The number of aryl methyl sites for hydroxylation is 1. The number of aliphatic hydroxyl groups is 1. The number of para-hydroxylation sites is 1. The second-order valence-corrected chi connectivity index (χ2v) is 10.4. The van der Waals surface area contributed by atoms with Gasteiger partial charge in [0.1, 0.15) is 29.0 Å². The van der Waals surface area contributed by atoms with E-state index in [4.69, 9.17) is 9.47 Å². The Balaban J connectivity index is 1.81. The molecule has 12 heteroatoms. The second kappa shape index (κ2) is 10.4. The molecule has 4 rings (SSSR count). The van der Waals surface area contributed by atoms with Gasteiger partial charge in [0.2, 0.25) is 0 Å². The van der Waals surface area contributed by atoms with Crippen LogP contribution in [-0.2, 0) is 15.6 Å². The maximum Gasteiger partial charge on any atom is 0.170 e. The van der Waals surface area contributed by atoms with Crippen molar-refractivity contribution in [3.05, 3.63) is 72.1 Å². The van der Waals surface area contributed by atoms with E-state index in [9.17, 15) is 13.5 Å². The fourth-order valence-electron chi connectivity index (χ4n) is 3.69. The summed E-state index contributed by atoms with van der Waals surface area (Å²) in [6.45, 7) is 3.18. The van der Waals surface area contributed by atoms with Crippen molar-refractivity contribution < 1.29 is 23.0 Å². The Kier molecular flexibility index (Phi) is 7.27. The quantitative estimate of drug-likeness (QED) is 0.357. The van der Waals surface area contributed by atoms with Gasteiger partial charge in [0.25, 0.3) is 0 Å². The molecule has 36 heavy (non-hydrogen) atoms. The van der Waals surface area contributed by atoms with E-state index < -0.39 is 26.9 Å². The number of aliphatic hydroxyl groups excluding tert-OH is 1. The predicted molar refractivity (Wildman–Crippen MR) is 132 cm³/mol. The molecule has 2 atom stereocenters. The summed E-state index contributed by atoms with van der Waals surface area (Å²) in [6, 6.07) is 12.0. The van der Waals surface area contributed by atoms with E-state index in [1.165, 1.54) is 21.1 Å². The molecule has 4 aromatic rings. The van der Waals surface area contributed by atoms with Crippen LogP contribution in [0.25, 0.3) is 17.1 Å². The zero-order valence-corrected chi connectivity index (χ0v) is 21.0. The first kappa shape index (κ1) is 25.2. The summed E-state index contributed by atoms with van der Waals surface area (Å²) in [4.78, 5) is 4.15. The minimum atomic E-state index is -3.95. The summed E-state index contributed by atoms with van der Waals surface area (Å²) < 4.78 is 39.6. The van der Waals surface area contributed by atoms with Crippen LogP contribution in [-0.4, -0.2) is 62.9 Å². The lowest BCUT2D eigenvalue weighted by Gasteiger charge is -2.20. The Labute approximate surface area is 208 Å². The highest BCUT2D eigenvalue weighted by molar-refractivity contribution is 7.91. The van der Waals surface area contributed by atoms with Crippen molar-refractivity contribution in [1.29, 1.82) is 0 Å². The second-order valence-electron chi connectivity index (χ2n) is 8.08. The molecule has 1 aromatic carbocycles. The lowest BCUT2D eigenvalue weighted by Crippen LogP contribution is -2.28. The minimum Gasteiger partial charge on any atom is -0.494 e. The fraction of sp³-hybridized carbons (Fsp3) is 0.292. The number of pyridine rings is 1. The highest BCUT2D eigenvalue weighted by atomic mass is 32.2. The monoisotopic (exact) mass is 510 g/mol. The zero-order chi connectivity index (χ0) is 25.9. The molecule has 3 aromatic heterocycles. The Morgan fingerprint density at radius 2 is 1.69 bits per heavy atom. The first-order valence-corrected chi connectivity index (χ1v) is 12.7. The number of hydrogen-bond donors (Lipinski definition) is 1. The smallest absolute Gasteiger partial charge is 0.170 e. The van der Waals surface area contributed by atoms with Gasteiger partial charge in [0, 0.05) is 18.0 Å². The number of nitrogens with zero attached hydrogens (tertiary/aromatic N) is 6. The zero-order valence-electron chi connectivity index (χ0n) is 20.2. The molecule has 0 saturated carbocycles. The first-order valence-electron chi connectivity index (χ1n) is 11.0. The average molecular weight is 511 g/mol. The number of aromatic nitrogens is 6. The van der Waals surface area contributed by atoms with Crippen molar-refractivity contribution in [2.45, 2.75) is 31.0 Å². The molecular weight excluding hydrogens is 484 g/mol. The van der Waals surface area contributed by atoms with Crippen LogP contribution in [0.15, 0.2) is 54.9 Å². The summed E-state index contributed by atoms with van der Waals surface area (Å²) in [5.74, 6) is 0.820. The van der Waals surface area contributed by atoms with Crippen molar-refractivity contribution in [3.63, 3.8) is 0 Å². The highest BCUT2D eigenvalue weighted by Gasteiger charge is 2.33. The molecule has 188 valence electrons. The summed E-state index contributed by atoms with van der Waals surface area (Å²) in [5, 5.41) is 25.9. The number of sulfone groups is 1. The first-order chi connectivity index (χ1) is 17.3. The van der Waals surface area contributed by atoms with Gasteiger partial charge in [0.05, 0.1) is 30.9 Å². The predicted octanol–water partition coefficient (Wildman–Crippen LogP) is 2.48. The summed E-state index contributed by atoms with van der Waals surface area (Å²) >= 11 is 0. The van der Waals surface area contributed by atoms with Crippen molar-refractivity contribution >= 4 is 9.84 Å². The molecule has 0 amide bonds. The van der Waals surface area contributed by atoms with Crippen LogP contribution in [0.3, 0.4) is 0 Å². The number of ether oxygens (including phenoxy) is 2. The third kappa shape index (κ3) is 4.90. The van der Waals surface area contributed by atoms with E-state index in [0.29, 0.717) is 34.3 Å². The van der Waals surface area contributed by atoms with Gasteiger partial charge in [-0.15, -0.1) is 10.2 Å². The highest BCUT2D eigenvalue weighted by Crippen LogP contribution is 2.37. The van der Waals surface area contributed by atoms with E-state index in [0.717, 1.165) is 0 Å². The third-order valence-corrected chi connectivity index (χ3v) is 7.79. The Hall–Kier alpha value is -3.90. The van der Waals surface area contributed by atoms with Gasteiger partial charge in [-0.25, -0.2) is 8.42 Å². The Morgan fingerprint density at radius 1 is 0.972 bits per heavy atom. The Morgan fingerprint density at radius 3 is 2.28 bits per heavy atom. The van der Waals surface area contributed by atoms with Crippen molar-refractivity contribution in [3.8, 4) is 28.6 Å². The summed E-state index contributed by atoms with van der Waals surface area (Å²) in [5.41, 5.74) is 1.88. The molecule has 0 saturated heterocycles. The standard InChI is InChI=1S/C24H26N6O5S/c1-15-10-11-18(27-26-15)23(31)16(2)36(32,33)14-21-28-29-24(17-7-6-12-25-13-17)30(21)22-19(34-3)8-5-9-20(22)35-4/h5-13,16,23,31H,14H2,1-4H3/t16-,23-/m0/s1. The summed E-state index contributed by atoms with van der Waals surface area (Å²) in [7, 11) is -0.940. The van der Waals surface area contributed by atoms with E-state index in [1.54, 1.807) is 66.3 Å². The molecular formula is C24H26N6O5S. The lowest BCUT2D eigenvalue weighted by atomic mass is 10.2. The largest absolute Gasteiger partial charge is 0.494 e. The number of benzene rings is 1. The van der Waals surface area contributed by atoms with Gasteiger partial charge in [-0.2, -0.15) is 10.2 Å². The molecule has 0 aliphatic rings. The van der Waals surface area contributed by atoms with E-state index >= 15 is 0 Å². The fourth-order valence-corrected chi connectivity index (χ4v) is 5.04. The van der Waals surface area contributed by atoms with Gasteiger partial charge in [-0.1, -0.05) is 6.07 Å². The van der Waals surface area contributed by atoms with Crippen LogP contribution in [0.4, 0.5) is 0 Å². The van der Waals surface area contributed by atoms with Crippen LogP contribution in [0.5, 0.6) is 11.5 Å². The average Bonchev–Trinajstić information content (AvgIpc) is 3.30. The van der Waals surface area contributed by atoms with Gasteiger partial charge >= 0.3 is 0 Å². The molecule has 0 spiro atoms. The molecule has 11 nitrogen and oxygen atoms in total. The lowest BCUT2D eigenvalue weighted by molar-refractivity contribution is 0.170. The topological polar surface area (TPSA) is 142 Å². The molecule has 0 radical (unpaired) electrons. The third-order valence-electron chi connectivity index (χ3n) is 5.74. The molecule has 0 fully saturated rings. The molecule has 1 N–H and O–H groups in total. The minimum absolute atomic E-state index is 0.116. The van der Waals surface area contributed by atoms with Crippen molar-refractivity contribution in [1.82, 2.24) is 29.9 Å². The molecule has 0 bridgehead atoms. The van der Waals surface area contributed by atoms with E-state index in [-0.39, 0.29) is 11.5 Å². The summed E-state index contributed by atoms with van der Waals surface area (Å²) in [6.07, 6.45) is 1.84. The SMILES string of the molecule is COc1cccc(OC)c1-n1c(CS(=O)(=O)[C@@H](C)[C@H](O)c2ccc(C)nn2)nnc1-c1cccnc1. The van der Waals surface area contributed by atoms with Gasteiger partial charge in [-0.3, -0.25) is 9.55 Å². The van der Waals surface area contributed by atoms with E-state index in [1.807, 2.05) is 0 Å². The molecule has 0 unspecified atom stereocenters. The molecule has 3 heterocycles. The molecule has 0 aliphatic heterocycles. The van der Waals surface area contributed by atoms with Gasteiger partial charge < -0.3 is 14.6 Å². The van der Waals surface area contributed by atoms with E-state index in [2.05, 4.69) is 25.4 Å². The number of methoxy groups -OCH3 is 2. The Bertz CT molecular complexity index is 1420. The van der Waals surface area contributed by atoms with Crippen LogP contribution >= 0.6 is 0 Å². The normalized spacial score (nSPS) is 13.2. The van der Waals surface area contributed by atoms with Crippen LogP contribution in [0, 0.1) is 6.92 Å². The van der Waals surface area contributed by atoms with Crippen molar-refractivity contribution in [2.75, 3.05) is 14.2 Å². The van der Waals surface area contributed by atoms with Crippen LogP contribution < -0.4 is 9.47 Å². The van der Waals surface area contributed by atoms with Crippen LogP contribution in [0.1, 0.15) is 30.2 Å². The maximum atomic E-state index is 13.5. The maximum absolute atomic E-state index is 13.5. The van der Waals surface area contributed by atoms with Crippen LogP contribution in [0.2, 0.25) is 0 Å². The van der Waals surface area contributed by atoms with Gasteiger partial charge in [0.15, 0.2) is 21.5 Å². The number of rotatable bonds is 9. The van der Waals surface area contributed by atoms with Gasteiger partial charge in [-0.05, 0) is 50.2 Å².